The van der Waals surface area contributed by atoms with E-state index in [4.69, 9.17) is 0 Å². The van der Waals surface area contributed by atoms with E-state index in [9.17, 15) is 5.11 Å². The Bertz CT molecular complexity index is 386. The van der Waals surface area contributed by atoms with Gasteiger partial charge in [-0.25, -0.2) is 0 Å². The van der Waals surface area contributed by atoms with Gasteiger partial charge in [0, 0.05) is 0 Å². The molecule has 18 heavy (non-hydrogen) atoms. The Morgan fingerprint density at radius 2 is 1.78 bits per heavy atom. The zero-order valence-corrected chi connectivity index (χ0v) is 11.9. The molecule has 1 atom stereocenters. The summed E-state index contributed by atoms with van der Waals surface area (Å²) in [7, 11) is 0. The molecule has 1 aliphatic carbocycles. The van der Waals surface area contributed by atoms with Gasteiger partial charge in [-0.15, -0.1) is 0 Å². The summed E-state index contributed by atoms with van der Waals surface area (Å²) in [6.07, 6.45) is 6.19. The highest BCUT2D eigenvalue weighted by Crippen LogP contribution is 2.42. The van der Waals surface area contributed by atoms with Crippen molar-refractivity contribution in [2.45, 2.75) is 58.5 Å². The van der Waals surface area contributed by atoms with E-state index in [0.717, 1.165) is 11.5 Å². The van der Waals surface area contributed by atoms with Crippen LogP contribution in [0.2, 0.25) is 0 Å². The number of benzene rings is 1. The smallest absolute Gasteiger partial charge is 0.0899 e. The molecular formula is C17H26O. The second-order valence-electron chi connectivity index (χ2n) is 6.09. The summed E-state index contributed by atoms with van der Waals surface area (Å²) in [5, 5.41) is 11.0. The molecule has 1 fully saturated rings. The van der Waals surface area contributed by atoms with Gasteiger partial charge in [-0.1, -0.05) is 50.5 Å². The van der Waals surface area contributed by atoms with Crippen LogP contribution in [0.3, 0.4) is 0 Å². The van der Waals surface area contributed by atoms with Gasteiger partial charge in [0.15, 0.2) is 0 Å². The maximum Gasteiger partial charge on any atom is 0.0899 e. The maximum absolute atomic E-state index is 11.0. The predicted octanol–water partition coefficient (Wildman–Crippen LogP) is 4.42. The van der Waals surface area contributed by atoms with Crippen molar-refractivity contribution in [3.8, 4) is 0 Å². The number of hydrogen-bond acceptors (Lipinski definition) is 1. The van der Waals surface area contributed by atoms with Gasteiger partial charge < -0.3 is 5.11 Å². The molecule has 1 aromatic rings. The lowest BCUT2D eigenvalue weighted by atomic mass is 9.70. The van der Waals surface area contributed by atoms with Crippen LogP contribution in [-0.2, 0) is 5.60 Å². The Hall–Kier alpha value is -0.820. The van der Waals surface area contributed by atoms with Crippen LogP contribution in [0.1, 0.15) is 57.1 Å². The zero-order chi connectivity index (χ0) is 13.2. The van der Waals surface area contributed by atoms with E-state index in [2.05, 4.69) is 26.0 Å². The highest BCUT2D eigenvalue weighted by atomic mass is 16.3. The molecule has 0 heterocycles. The van der Waals surface area contributed by atoms with Crippen LogP contribution in [0.5, 0.6) is 0 Å². The third kappa shape index (κ3) is 2.61. The van der Waals surface area contributed by atoms with Crippen molar-refractivity contribution < 1.29 is 5.11 Å². The molecule has 1 unspecified atom stereocenters. The molecule has 1 nitrogen and oxygen atoms in total. The van der Waals surface area contributed by atoms with Crippen molar-refractivity contribution in [2.24, 2.45) is 11.8 Å². The quantitative estimate of drug-likeness (QED) is 0.837. The van der Waals surface area contributed by atoms with E-state index < -0.39 is 5.60 Å². The van der Waals surface area contributed by atoms with E-state index >= 15 is 0 Å². The van der Waals surface area contributed by atoms with Gasteiger partial charge in [-0.05, 0) is 49.7 Å². The molecule has 1 saturated carbocycles. The Labute approximate surface area is 111 Å². The van der Waals surface area contributed by atoms with Crippen LogP contribution in [0, 0.1) is 18.8 Å². The lowest BCUT2D eigenvalue weighted by Gasteiger charge is -2.39. The van der Waals surface area contributed by atoms with E-state index in [1.807, 2.05) is 19.1 Å². The van der Waals surface area contributed by atoms with Crippen molar-refractivity contribution in [1.29, 1.82) is 0 Å². The van der Waals surface area contributed by atoms with E-state index in [1.165, 1.54) is 37.7 Å². The number of aliphatic hydroxyl groups is 1. The summed E-state index contributed by atoms with van der Waals surface area (Å²) >= 11 is 0. The first-order chi connectivity index (χ1) is 8.55. The van der Waals surface area contributed by atoms with Crippen LogP contribution in [-0.4, -0.2) is 5.11 Å². The first kappa shape index (κ1) is 13.6. The topological polar surface area (TPSA) is 20.2 Å². The minimum absolute atomic E-state index is 0.418. The minimum atomic E-state index is -0.663. The van der Waals surface area contributed by atoms with Crippen molar-refractivity contribution in [2.75, 3.05) is 0 Å². The third-order valence-electron chi connectivity index (χ3n) is 4.91. The second kappa shape index (κ2) is 5.44. The molecule has 0 aliphatic heterocycles. The first-order valence-corrected chi connectivity index (χ1v) is 7.34. The van der Waals surface area contributed by atoms with Gasteiger partial charge in [0.25, 0.3) is 0 Å². The minimum Gasteiger partial charge on any atom is -0.385 e. The van der Waals surface area contributed by atoms with Crippen LogP contribution >= 0.6 is 0 Å². The predicted molar refractivity (Wildman–Crippen MR) is 76.5 cm³/mol. The number of rotatable bonds is 3. The van der Waals surface area contributed by atoms with Gasteiger partial charge in [-0.2, -0.15) is 0 Å². The van der Waals surface area contributed by atoms with E-state index in [-0.39, 0.29) is 0 Å². The van der Waals surface area contributed by atoms with Gasteiger partial charge in [0.1, 0.15) is 0 Å². The van der Waals surface area contributed by atoms with Crippen molar-refractivity contribution in [3.05, 3.63) is 35.4 Å². The van der Waals surface area contributed by atoms with Crippen LogP contribution in [0.15, 0.2) is 24.3 Å². The molecule has 0 spiro atoms. The van der Waals surface area contributed by atoms with Crippen LogP contribution in [0.25, 0.3) is 0 Å². The lowest BCUT2D eigenvalue weighted by molar-refractivity contribution is -0.0281. The van der Waals surface area contributed by atoms with Crippen LogP contribution < -0.4 is 0 Å². The molecule has 0 aromatic heterocycles. The molecule has 1 heteroatoms. The summed E-state index contributed by atoms with van der Waals surface area (Å²) < 4.78 is 0. The van der Waals surface area contributed by atoms with Crippen molar-refractivity contribution in [1.82, 2.24) is 0 Å². The summed E-state index contributed by atoms with van der Waals surface area (Å²) in [6.45, 7) is 6.39. The third-order valence-corrected chi connectivity index (χ3v) is 4.91. The molecule has 1 aromatic carbocycles. The monoisotopic (exact) mass is 246 g/mol. The Morgan fingerprint density at radius 3 is 2.33 bits per heavy atom. The summed E-state index contributed by atoms with van der Waals surface area (Å²) in [5.41, 5.74) is 1.66. The Morgan fingerprint density at radius 1 is 1.17 bits per heavy atom. The second-order valence-corrected chi connectivity index (χ2v) is 6.09. The van der Waals surface area contributed by atoms with Crippen LogP contribution in [0.4, 0.5) is 0 Å². The summed E-state index contributed by atoms with van der Waals surface area (Å²) in [6, 6.07) is 8.26. The molecule has 100 valence electrons. The fraction of sp³-hybridized carbons (Fsp3) is 0.647. The Kier molecular flexibility index (Phi) is 4.11. The molecule has 0 bridgehead atoms. The Balaban J connectivity index is 2.14. The number of hydrogen-bond donors (Lipinski definition) is 1. The molecule has 0 amide bonds. The van der Waals surface area contributed by atoms with Gasteiger partial charge >= 0.3 is 0 Å². The van der Waals surface area contributed by atoms with E-state index in [1.54, 1.807) is 0 Å². The lowest BCUT2D eigenvalue weighted by Crippen LogP contribution is -2.35. The molecule has 0 radical (unpaired) electrons. The molecule has 1 aliphatic rings. The van der Waals surface area contributed by atoms with Gasteiger partial charge in [0.2, 0.25) is 0 Å². The normalized spacial score (nSPS) is 27.8. The standard InChI is InChI=1S/C17H26O/c1-4-14-9-11-15(12-10-14)17(3,18)16-8-6-5-7-13(16)2/h5-8,14-15,18H,4,9-12H2,1-3H3. The molecule has 0 saturated heterocycles. The van der Waals surface area contributed by atoms with Crippen molar-refractivity contribution in [3.63, 3.8) is 0 Å². The zero-order valence-electron chi connectivity index (χ0n) is 11.9. The SMILES string of the molecule is CCC1CCC(C(C)(O)c2ccccc2C)CC1. The first-order valence-electron chi connectivity index (χ1n) is 7.34. The summed E-state index contributed by atoms with van der Waals surface area (Å²) in [4.78, 5) is 0. The average Bonchev–Trinajstić information content (AvgIpc) is 2.39. The van der Waals surface area contributed by atoms with E-state index in [0.29, 0.717) is 5.92 Å². The highest BCUT2D eigenvalue weighted by molar-refractivity contribution is 5.31. The average molecular weight is 246 g/mol. The van der Waals surface area contributed by atoms with Crippen molar-refractivity contribution >= 4 is 0 Å². The number of aryl methyl sites for hydroxylation is 1. The molecule has 2 rings (SSSR count). The fourth-order valence-corrected chi connectivity index (χ4v) is 3.49. The van der Waals surface area contributed by atoms with Gasteiger partial charge in [0.05, 0.1) is 5.60 Å². The fourth-order valence-electron chi connectivity index (χ4n) is 3.49. The highest BCUT2D eigenvalue weighted by Gasteiger charge is 2.36. The molecule has 1 N–H and O–H groups in total. The van der Waals surface area contributed by atoms with Gasteiger partial charge in [-0.3, -0.25) is 0 Å². The molecular weight excluding hydrogens is 220 g/mol. The summed E-state index contributed by atoms with van der Waals surface area (Å²) in [5.74, 6) is 1.30. The largest absolute Gasteiger partial charge is 0.385 e. The maximum atomic E-state index is 11.0.